The zero-order valence-corrected chi connectivity index (χ0v) is 15.1. The van der Waals surface area contributed by atoms with Gasteiger partial charge < -0.3 is 9.64 Å². The maximum absolute atomic E-state index is 12.9. The summed E-state index contributed by atoms with van der Waals surface area (Å²) in [5.41, 5.74) is 3.29. The summed E-state index contributed by atoms with van der Waals surface area (Å²) < 4.78 is 5.72. The van der Waals surface area contributed by atoms with Crippen molar-refractivity contribution in [3.8, 4) is 5.75 Å². The van der Waals surface area contributed by atoms with E-state index in [2.05, 4.69) is 0 Å². The molecule has 0 aliphatic heterocycles. The van der Waals surface area contributed by atoms with Gasteiger partial charge in [0.2, 0.25) is 0 Å². The van der Waals surface area contributed by atoms with Gasteiger partial charge in [0.05, 0.1) is 6.54 Å². The molecule has 0 saturated heterocycles. The third-order valence-electron chi connectivity index (χ3n) is 4.14. The Morgan fingerprint density at radius 2 is 1.43 bits per heavy atom. The van der Waals surface area contributed by atoms with Crippen LogP contribution in [0.15, 0.2) is 84.9 Å². The van der Waals surface area contributed by atoms with E-state index >= 15 is 0 Å². The van der Waals surface area contributed by atoms with Crippen molar-refractivity contribution < 1.29 is 19.5 Å². The molecular weight excluding hydrogens is 356 g/mol. The van der Waals surface area contributed by atoms with Crippen molar-refractivity contribution in [2.45, 2.75) is 0 Å². The number of rotatable bonds is 7. The molecule has 0 atom stereocenters. The fourth-order valence-corrected chi connectivity index (χ4v) is 2.71. The fraction of sp³-hybridized carbons (Fsp3) is 0.0909. The highest BCUT2D eigenvalue weighted by atomic mass is 16.5. The van der Waals surface area contributed by atoms with Crippen molar-refractivity contribution in [2.24, 2.45) is 0 Å². The summed E-state index contributed by atoms with van der Waals surface area (Å²) in [6, 6.07) is 24.9. The molecule has 0 unspecified atom stereocenters. The summed E-state index contributed by atoms with van der Waals surface area (Å²) in [5, 5.41) is 8.65. The van der Waals surface area contributed by atoms with Crippen LogP contribution in [-0.2, 0) is 0 Å². The fourth-order valence-electron chi connectivity index (χ4n) is 2.71. The zero-order valence-electron chi connectivity index (χ0n) is 15.1. The third-order valence-corrected chi connectivity index (χ3v) is 4.14. The van der Waals surface area contributed by atoms with E-state index in [9.17, 15) is 9.59 Å². The number of hydrogen-bond donors (Lipinski definition) is 2. The summed E-state index contributed by atoms with van der Waals surface area (Å²) in [6.07, 6.45) is 0. The van der Waals surface area contributed by atoms with Gasteiger partial charge in [-0.15, -0.1) is 0 Å². The molecule has 3 aromatic rings. The van der Waals surface area contributed by atoms with Gasteiger partial charge in [0, 0.05) is 16.8 Å². The average molecular weight is 376 g/mol. The van der Waals surface area contributed by atoms with Gasteiger partial charge in [-0.25, -0.2) is 5.48 Å². The molecule has 0 aliphatic carbocycles. The van der Waals surface area contributed by atoms with E-state index in [4.69, 9.17) is 9.94 Å². The lowest BCUT2D eigenvalue weighted by atomic mass is 10.2. The second kappa shape index (κ2) is 9.34. The molecule has 6 heteroatoms. The third kappa shape index (κ3) is 4.75. The number of ether oxygens (including phenoxy) is 1. The van der Waals surface area contributed by atoms with E-state index in [1.807, 2.05) is 48.5 Å². The van der Waals surface area contributed by atoms with Crippen molar-refractivity contribution >= 4 is 17.5 Å². The van der Waals surface area contributed by atoms with Crippen molar-refractivity contribution in [3.63, 3.8) is 0 Å². The Kier molecular flexibility index (Phi) is 6.38. The van der Waals surface area contributed by atoms with Gasteiger partial charge >= 0.3 is 0 Å². The minimum atomic E-state index is -0.588. The number of carbonyl (C=O) groups excluding carboxylic acids is 2. The van der Waals surface area contributed by atoms with Crippen LogP contribution >= 0.6 is 0 Å². The minimum Gasteiger partial charge on any atom is -0.492 e. The first-order valence-electron chi connectivity index (χ1n) is 8.78. The van der Waals surface area contributed by atoms with Crippen molar-refractivity contribution in [1.29, 1.82) is 0 Å². The predicted molar refractivity (Wildman–Crippen MR) is 106 cm³/mol. The number of nitrogens with zero attached hydrogens (tertiary/aromatic N) is 1. The summed E-state index contributed by atoms with van der Waals surface area (Å²) in [4.78, 5) is 26.0. The largest absolute Gasteiger partial charge is 0.492 e. The molecule has 2 N–H and O–H groups in total. The van der Waals surface area contributed by atoms with Crippen molar-refractivity contribution in [3.05, 3.63) is 96.1 Å². The van der Waals surface area contributed by atoms with E-state index < -0.39 is 5.91 Å². The topological polar surface area (TPSA) is 78.9 Å². The standard InChI is InChI=1S/C22H20N2O4/c25-21(23-27)17-11-13-20(14-12-17)28-16-15-24(19-9-5-2-6-10-19)22(26)18-7-3-1-4-8-18/h1-14,27H,15-16H2,(H,23,25). The van der Waals surface area contributed by atoms with Gasteiger partial charge in [-0.2, -0.15) is 0 Å². The van der Waals surface area contributed by atoms with Crippen LogP contribution in [0, 0.1) is 0 Å². The summed E-state index contributed by atoms with van der Waals surface area (Å²) in [7, 11) is 0. The molecule has 0 spiro atoms. The van der Waals surface area contributed by atoms with E-state index in [-0.39, 0.29) is 12.5 Å². The first kappa shape index (κ1) is 19.1. The molecular formula is C22H20N2O4. The molecule has 3 aromatic carbocycles. The molecule has 0 bridgehead atoms. The lowest BCUT2D eigenvalue weighted by Gasteiger charge is -2.23. The molecule has 28 heavy (non-hydrogen) atoms. The number of nitrogens with one attached hydrogen (secondary N) is 1. The quantitative estimate of drug-likeness (QED) is 0.488. The van der Waals surface area contributed by atoms with E-state index in [1.165, 1.54) is 0 Å². The van der Waals surface area contributed by atoms with Gasteiger partial charge in [-0.1, -0.05) is 36.4 Å². The highest BCUT2D eigenvalue weighted by Crippen LogP contribution is 2.18. The number of para-hydroxylation sites is 1. The molecule has 0 saturated carbocycles. The van der Waals surface area contributed by atoms with E-state index in [1.54, 1.807) is 46.8 Å². The van der Waals surface area contributed by atoms with Crippen LogP contribution in [-0.4, -0.2) is 30.2 Å². The number of amides is 2. The Labute approximate surface area is 162 Å². The van der Waals surface area contributed by atoms with Gasteiger partial charge in [-0.3, -0.25) is 14.8 Å². The van der Waals surface area contributed by atoms with Gasteiger partial charge in [0.15, 0.2) is 0 Å². The van der Waals surface area contributed by atoms with Crippen LogP contribution in [0.25, 0.3) is 0 Å². The lowest BCUT2D eigenvalue weighted by molar-refractivity contribution is 0.0706. The van der Waals surface area contributed by atoms with E-state index in [0.29, 0.717) is 23.4 Å². The Morgan fingerprint density at radius 1 is 0.821 bits per heavy atom. The second-order valence-corrected chi connectivity index (χ2v) is 5.97. The first-order chi connectivity index (χ1) is 13.7. The molecule has 0 fully saturated rings. The van der Waals surface area contributed by atoms with Crippen LogP contribution in [0.2, 0.25) is 0 Å². The minimum absolute atomic E-state index is 0.106. The van der Waals surface area contributed by atoms with Crippen LogP contribution < -0.4 is 15.1 Å². The highest BCUT2D eigenvalue weighted by molar-refractivity contribution is 6.06. The van der Waals surface area contributed by atoms with Gasteiger partial charge in [0.25, 0.3) is 11.8 Å². The maximum atomic E-state index is 12.9. The van der Waals surface area contributed by atoms with E-state index in [0.717, 1.165) is 5.69 Å². The molecule has 2 amide bonds. The Bertz CT molecular complexity index is 912. The molecule has 0 aromatic heterocycles. The monoisotopic (exact) mass is 376 g/mol. The van der Waals surface area contributed by atoms with Crippen LogP contribution in [0.3, 0.4) is 0 Å². The van der Waals surface area contributed by atoms with Crippen LogP contribution in [0.1, 0.15) is 20.7 Å². The Balaban J connectivity index is 1.68. The summed E-state index contributed by atoms with van der Waals surface area (Å²) in [6.45, 7) is 0.635. The smallest absolute Gasteiger partial charge is 0.274 e. The Hall–Kier alpha value is -3.64. The first-order valence-corrected chi connectivity index (χ1v) is 8.78. The molecule has 0 heterocycles. The summed E-state index contributed by atoms with van der Waals surface area (Å²) in [5.74, 6) is -0.129. The molecule has 0 radical (unpaired) electrons. The van der Waals surface area contributed by atoms with Gasteiger partial charge in [0.1, 0.15) is 12.4 Å². The zero-order chi connectivity index (χ0) is 19.8. The van der Waals surface area contributed by atoms with Crippen molar-refractivity contribution in [1.82, 2.24) is 5.48 Å². The second-order valence-electron chi connectivity index (χ2n) is 5.97. The molecule has 6 nitrogen and oxygen atoms in total. The maximum Gasteiger partial charge on any atom is 0.274 e. The number of anilines is 1. The van der Waals surface area contributed by atoms with Gasteiger partial charge in [-0.05, 0) is 48.5 Å². The SMILES string of the molecule is O=C(NO)c1ccc(OCCN(C(=O)c2ccccc2)c2ccccc2)cc1. The number of benzene rings is 3. The summed E-state index contributed by atoms with van der Waals surface area (Å²) >= 11 is 0. The van der Waals surface area contributed by atoms with Crippen LogP contribution in [0.5, 0.6) is 5.75 Å². The van der Waals surface area contributed by atoms with Crippen LogP contribution in [0.4, 0.5) is 5.69 Å². The van der Waals surface area contributed by atoms with Crippen molar-refractivity contribution in [2.75, 3.05) is 18.1 Å². The lowest BCUT2D eigenvalue weighted by Crippen LogP contribution is -2.34. The molecule has 0 aliphatic rings. The highest BCUT2D eigenvalue weighted by Gasteiger charge is 2.17. The number of hydrogen-bond acceptors (Lipinski definition) is 4. The molecule has 3 rings (SSSR count). The molecule has 142 valence electrons. The normalized spacial score (nSPS) is 10.2. The number of carbonyl (C=O) groups is 2. The predicted octanol–water partition coefficient (Wildman–Crippen LogP) is 3.53. The number of hydroxylamine groups is 1. The average Bonchev–Trinajstić information content (AvgIpc) is 2.77. The Morgan fingerprint density at radius 3 is 2.04 bits per heavy atom.